The molecular formula is C24H34N6O2. The third-order valence-electron chi connectivity index (χ3n) is 5.53. The lowest BCUT2D eigenvalue weighted by Crippen LogP contribution is -2.54. The monoisotopic (exact) mass is 438 g/mol. The Morgan fingerprint density at radius 3 is 2.59 bits per heavy atom. The first kappa shape index (κ1) is 23.7. The second kappa shape index (κ2) is 11.0. The predicted molar refractivity (Wildman–Crippen MR) is 126 cm³/mol. The van der Waals surface area contributed by atoms with Gasteiger partial charge in [-0.05, 0) is 23.5 Å². The van der Waals surface area contributed by atoms with E-state index in [-0.39, 0.29) is 18.0 Å². The summed E-state index contributed by atoms with van der Waals surface area (Å²) in [6.07, 6.45) is 0.534. The third-order valence-corrected chi connectivity index (χ3v) is 5.53. The number of nitrogens with zero attached hydrogens (tertiary/aromatic N) is 3. The van der Waals surface area contributed by atoms with E-state index in [4.69, 9.17) is 0 Å². The molecule has 8 nitrogen and oxygen atoms in total. The van der Waals surface area contributed by atoms with Gasteiger partial charge in [0.15, 0.2) is 11.5 Å². The van der Waals surface area contributed by atoms with Gasteiger partial charge in [-0.25, -0.2) is 4.79 Å². The quantitative estimate of drug-likeness (QED) is 0.617. The highest BCUT2D eigenvalue weighted by Gasteiger charge is 2.27. The van der Waals surface area contributed by atoms with Crippen molar-refractivity contribution in [3.8, 4) is 0 Å². The van der Waals surface area contributed by atoms with Crippen LogP contribution in [0.15, 0.2) is 36.4 Å². The summed E-state index contributed by atoms with van der Waals surface area (Å²) in [5, 5.41) is 17.5. The van der Waals surface area contributed by atoms with Gasteiger partial charge in [-0.2, -0.15) is 0 Å². The van der Waals surface area contributed by atoms with Gasteiger partial charge in [0, 0.05) is 44.2 Å². The van der Waals surface area contributed by atoms with Crippen LogP contribution in [0.2, 0.25) is 0 Å². The molecule has 0 unspecified atom stereocenters. The molecule has 1 aromatic carbocycles. The van der Waals surface area contributed by atoms with Gasteiger partial charge >= 0.3 is 6.03 Å². The molecule has 3 rings (SSSR count). The molecule has 172 valence electrons. The molecule has 0 bridgehead atoms. The van der Waals surface area contributed by atoms with Gasteiger partial charge in [-0.1, -0.05) is 58.0 Å². The van der Waals surface area contributed by atoms with Crippen molar-refractivity contribution in [1.29, 1.82) is 0 Å². The highest BCUT2D eigenvalue weighted by atomic mass is 16.2. The molecule has 0 radical (unpaired) electrons. The fraction of sp³-hybridized carbons (Fsp3) is 0.500. The van der Waals surface area contributed by atoms with E-state index in [2.05, 4.69) is 40.0 Å². The summed E-state index contributed by atoms with van der Waals surface area (Å²) in [6.45, 7) is 10.9. The Labute approximate surface area is 190 Å². The molecule has 8 heteroatoms. The SMILES string of the molecule is CC(C)CNC(=O)Nc1nnc(C(=O)N2CCN[C@@H](C(C)C)C2)cc1Cc1ccccc1. The van der Waals surface area contributed by atoms with E-state index in [1.165, 1.54) is 0 Å². The first-order valence-electron chi connectivity index (χ1n) is 11.3. The summed E-state index contributed by atoms with van der Waals surface area (Å²) in [7, 11) is 0. The van der Waals surface area contributed by atoms with Gasteiger partial charge in [0.05, 0.1) is 0 Å². The zero-order valence-electron chi connectivity index (χ0n) is 19.4. The molecule has 1 aliphatic rings. The molecule has 1 atom stereocenters. The van der Waals surface area contributed by atoms with Gasteiger partial charge in [0.1, 0.15) is 0 Å². The van der Waals surface area contributed by atoms with Crippen LogP contribution in [0.4, 0.5) is 10.6 Å². The van der Waals surface area contributed by atoms with Crippen molar-refractivity contribution in [3.05, 3.63) is 53.2 Å². The first-order valence-corrected chi connectivity index (χ1v) is 11.3. The van der Waals surface area contributed by atoms with Crippen LogP contribution in [0.5, 0.6) is 0 Å². The largest absolute Gasteiger partial charge is 0.338 e. The Morgan fingerprint density at radius 2 is 1.91 bits per heavy atom. The van der Waals surface area contributed by atoms with E-state index < -0.39 is 0 Å². The summed E-state index contributed by atoms with van der Waals surface area (Å²) in [6, 6.07) is 11.6. The molecular weight excluding hydrogens is 404 g/mol. The van der Waals surface area contributed by atoms with E-state index in [1.54, 1.807) is 6.07 Å². The Hall–Kier alpha value is -3.00. The number of urea groups is 1. The van der Waals surface area contributed by atoms with Crippen LogP contribution in [-0.4, -0.2) is 59.3 Å². The van der Waals surface area contributed by atoms with Crippen LogP contribution in [0, 0.1) is 11.8 Å². The van der Waals surface area contributed by atoms with Gasteiger partial charge in [-0.3, -0.25) is 10.1 Å². The van der Waals surface area contributed by atoms with Gasteiger partial charge in [0.2, 0.25) is 0 Å². The number of carbonyl (C=O) groups is 2. The minimum atomic E-state index is -0.330. The van der Waals surface area contributed by atoms with E-state index in [1.807, 2.05) is 49.1 Å². The maximum Gasteiger partial charge on any atom is 0.320 e. The maximum absolute atomic E-state index is 13.2. The Balaban J connectivity index is 1.82. The zero-order valence-corrected chi connectivity index (χ0v) is 19.4. The average molecular weight is 439 g/mol. The molecule has 3 N–H and O–H groups in total. The lowest BCUT2D eigenvalue weighted by molar-refractivity contribution is 0.0676. The summed E-state index contributed by atoms with van der Waals surface area (Å²) >= 11 is 0. The Bertz CT molecular complexity index is 916. The molecule has 0 saturated carbocycles. The number of piperazine rings is 1. The molecule has 1 aliphatic heterocycles. The minimum absolute atomic E-state index is 0.130. The summed E-state index contributed by atoms with van der Waals surface area (Å²) in [4.78, 5) is 27.3. The van der Waals surface area contributed by atoms with Crippen LogP contribution in [0.3, 0.4) is 0 Å². The van der Waals surface area contributed by atoms with Crippen molar-refractivity contribution in [2.75, 3.05) is 31.5 Å². The second-order valence-corrected chi connectivity index (χ2v) is 9.05. The molecule has 0 aliphatic carbocycles. The molecule has 32 heavy (non-hydrogen) atoms. The van der Waals surface area contributed by atoms with Crippen LogP contribution in [0.25, 0.3) is 0 Å². The van der Waals surface area contributed by atoms with Crippen molar-refractivity contribution < 1.29 is 9.59 Å². The van der Waals surface area contributed by atoms with Gasteiger partial charge < -0.3 is 15.5 Å². The van der Waals surface area contributed by atoms with E-state index in [0.717, 1.165) is 17.7 Å². The van der Waals surface area contributed by atoms with Crippen LogP contribution in [0.1, 0.15) is 49.3 Å². The van der Waals surface area contributed by atoms with Crippen molar-refractivity contribution in [3.63, 3.8) is 0 Å². The fourth-order valence-electron chi connectivity index (χ4n) is 3.61. The van der Waals surface area contributed by atoms with E-state index in [9.17, 15) is 9.59 Å². The number of rotatable bonds is 7. The highest BCUT2D eigenvalue weighted by Crippen LogP contribution is 2.19. The molecule has 2 heterocycles. The lowest BCUT2D eigenvalue weighted by atomic mass is 10.0. The van der Waals surface area contributed by atoms with Crippen molar-refractivity contribution >= 4 is 17.8 Å². The molecule has 1 aromatic heterocycles. The molecule has 1 saturated heterocycles. The third kappa shape index (κ3) is 6.50. The smallest absolute Gasteiger partial charge is 0.320 e. The highest BCUT2D eigenvalue weighted by molar-refractivity contribution is 5.93. The van der Waals surface area contributed by atoms with Crippen molar-refractivity contribution in [1.82, 2.24) is 25.7 Å². The summed E-state index contributed by atoms with van der Waals surface area (Å²) in [5.74, 6) is 1.01. The topological polar surface area (TPSA) is 99.2 Å². The zero-order chi connectivity index (χ0) is 23.1. The number of hydrogen-bond donors (Lipinski definition) is 3. The number of aromatic nitrogens is 2. The lowest BCUT2D eigenvalue weighted by Gasteiger charge is -2.35. The molecule has 3 amide bonds. The normalized spacial score (nSPS) is 16.3. The van der Waals surface area contributed by atoms with Gasteiger partial charge in [0.25, 0.3) is 5.91 Å². The number of carbonyl (C=O) groups excluding carboxylic acids is 2. The summed E-state index contributed by atoms with van der Waals surface area (Å²) in [5.41, 5.74) is 2.12. The minimum Gasteiger partial charge on any atom is -0.338 e. The number of hydrogen-bond acceptors (Lipinski definition) is 5. The van der Waals surface area contributed by atoms with Crippen LogP contribution in [-0.2, 0) is 6.42 Å². The average Bonchev–Trinajstić information content (AvgIpc) is 2.79. The van der Waals surface area contributed by atoms with Crippen molar-refractivity contribution in [2.24, 2.45) is 11.8 Å². The fourth-order valence-corrected chi connectivity index (χ4v) is 3.61. The number of amides is 3. The summed E-state index contributed by atoms with van der Waals surface area (Å²) < 4.78 is 0. The molecule has 2 aromatic rings. The first-order chi connectivity index (χ1) is 15.3. The number of anilines is 1. The van der Waals surface area contributed by atoms with Crippen LogP contribution >= 0.6 is 0 Å². The maximum atomic E-state index is 13.2. The number of benzene rings is 1. The van der Waals surface area contributed by atoms with E-state index in [0.29, 0.717) is 49.4 Å². The number of nitrogens with one attached hydrogen (secondary N) is 3. The molecule has 0 spiro atoms. The van der Waals surface area contributed by atoms with E-state index >= 15 is 0 Å². The van der Waals surface area contributed by atoms with Crippen LogP contribution < -0.4 is 16.0 Å². The van der Waals surface area contributed by atoms with Crippen molar-refractivity contribution in [2.45, 2.75) is 40.2 Å². The second-order valence-electron chi connectivity index (χ2n) is 9.05. The Kier molecular flexibility index (Phi) is 8.16. The van der Waals surface area contributed by atoms with Gasteiger partial charge in [-0.15, -0.1) is 10.2 Å². The predicted octanol–water partition coefficient (Wildman–Crippen LogP) is 2.91. The Morgan fingerprint density at radius 1 is 1.16 bits per heavy atom. The standard InChI is InChI=1S/C24H34N6O2/c1-16(2)14-26-24(32)27-22-19(12-18-8-6-5-7-9-18)13-20(28-29-22)23(31)30-11-10-25-21(15-30)17(3)4/h5-9,13,16-17,21,25H,10-12,14-15H2,1-4H3,(H2,26,27,29,32)/t21-/m1/s1. The molecule has 1 fully saturated rings.